The van der Waals surface area contributed by atoms with E-state index in [0.29, 0.717) is 6.07 Å². The van der Waals surface area contributed by atoms with Crippen LogP contribution in [0.15, 0.2) is 65.6 Å². The van der Waals surface area contributed by atoms with Crippen LogP contribution in [0.2, 0.25) is 10.0 Å². The molecule has 3 aromatic carbocycles. The number of carbonyl (C=O) groups is 1. The molecule has 0 radical (unpaired) electrons. The summed E-state index contributed by atoms with van der Waals surface area (Å²) in [6, 6.07) is 11.6. The largest absolute Gasteiger partial charge is 0.476 e. The lowest BCUT2D eigenvalue weighted by Crippen LogP contribution is -2.48. The number of anilines is 3. The molecule has 1 amide bonds. The van der Waals surface area contributed by atoms with Gasteiger partial charge in [0.2, 0.25) is 10.0 Å². The van der Waals surface area contributed by atoms with Crippen molar-refractivity contribution < 1.29 is 39.5 Å². The van der Waals surface area contributed by atoms with Gasteiger partial charge in [0.05, 0.1) is 34.0 Å². The molecular weight excluding hydrogens is 606 g/mol. The highest BCUT2D eigenvalue weighted by molar-refractivity contribution is 7.92. The Kier molecular flexibility index (Phi) is 7.69. The molecule has 0 aromatic heterocycles. The van der Waals surface area contributed by atoms with Crippen LogP contribution < -0.4 is 19.1 Å². The zero-order valence-corrected chi connectivity index (χ0v) is 22.8. The molecule has 0 bridgehead atoms. The molecule has 16 heteroatoms. The molecule has 0 unspecified atom stereocenters. The lowest BCUT2D eigenvalue weighted by Gasteiger charge is -2.34. The molecule has 2 N–H and O–H groups in total. The fourth-order valence-corrected chi connectivity index (χ4v) is 5.98. The molecule has 1 aliphatic rings. The first-order valence-corrected chi connectivity index (χ1v) is 14.9. The van der Waals surface area contributed by atoms with Crippen molar-refractivity contribution in [1.82, 2.24) is 0 Å². The molecule has 0 fully saturated rings. The van der Waals surface area contributed by atoms with Crippen LogP contribution in [0.5, 0.6) is 5.75 Å². The number of sulfonamides is 2. The second kappa shape index (κ2) is 10.4. The maximum Gasteiger partial charge on any atom is 0.417 e. The first-order valence-electron chi connectivity index (χ1n) is 10.8. The molecule has 1 heterocycles. The SMILES string of the molecule is CS(=O)(=O)N1C[C@H](C(=O)Nc2ccc(S(=O)(=O)Nc3ccc(Cl)c(C(F)(F)F)c3)cc2)Oc2ccc(Cl)cc21. The average Bonchev–Trinajstić information content (AvgIpc) is 2.83. The number of ether oxygens (including phenoxy) is 1. The third kappa shape index (κ3) is 6.52. The predicted molar refractivity (Wildman–Crippen MR) is 140 cm³/mol. The van der Waals surface area contributed by atoms with Crippen molar-refractivity contribution >= 4 is 66.2 Å². The van der Waals surface area contributed by atoms with Gasteiger partial charge in [-0.15, -0.1) is 0 Å². The van der Waals surface area contributed by atoms with Gasteiger partial charge in [-0.25, -0.2) is 16.8 Å². The van der Waals surface area contributed by atoms with Gasteiger partial charge in [0.25, 0.3) is 15.9 Å². The van der Waals surface area contributed by atoms with Gasteiger partial charge in [-0.1, -0.05) is 23.2 Å². The molecule has 208 valence electrons. The van der Waals surface area contributed by atoms with E-state index in [4.69, 9.17) is 27.9 Å². The van der Waals surface area contributed by atoms with E-state index >= 15 is 0 Å². The summed E-state index contributed by atoms with van der Waals surface area (Å²) in [6.07, 6.45) is -5.06. The Balaban J connectivity index is 1.49. The van der Waals surface area contributed by atoms with Crippen LogP contribution >= 0.6 is 23.2 Å². The predicted octanol–water partition coefficient (Wildman–Crippen LogP) is 4.98. The van der Waals surface area contributed by atoms with Crippen molar-refractivity contribution in [2.75, 3.05) is 27.1 Å². The van der Waals surface area contributed by atoms with E-state index in [1.165, 1.54) is 30.3 Å². The molecule has 39 heavy (non-hydrogen) atoms. The number of fused-ring (bicyclic) bond motifs is 1. The first kappa shape index (κ1) is 28.8. The third-order valence-corrected chi connectivity index (χ3v) is 8.55. The molecular formula is C23H18Cl2F3N3O6S2. The summed E-state index contributed by atoms with van der Waals surface area (Å²) in [5.41, 5.74) is -1.22. The van der Waals surface area contributed by atoms with Gasteiger partial charge in [0.1, 0.15) is 5.75 Å². The zero-order valence-electron chi connectivity index (χ0n) is 19.7. The van der Waals surface area contributed by atoms with Crippen molar-refractivity contribution in [3.63, 3.8) is 0 Å². The molecule has 0 spiro atoms. The number of halogens is 5. The van der Waals surface area contributed by atoms with Crippen molar-refractivity contribution in [2.45, 2.75) is 17.2 Å². The van der Waals surface area contributed by atoms with Crippen molar-refractivity contribution in [2.24, 2.45) is 0 Å². The number of alkyl halides is 3. The zero-order chi connectivity index (χ0) is 28.8. The van der Waals surface area contributed by atoms with E-state index in [-0.39, 0.29) is 39.3 Å². The van der Waals surface area contributed by atoms with Gasteiger partial charge in [-0.05, 0) is 60.7 Å². The van der Waals surface area contributed by atoms with Gasteiger partial charge >= 0.3 is 6.18 Å². The van der Waals surface area contributed by atoms with E-state index in [9.17, 15) is 34.8 Å². The smallest absolute Gasteiger partial charge is 0.417 e. The number of carbonyl (C=O) groups excluding carboxylic acids is 1. The molecule has 0 saturated heterocycles. The fraction of sp³-hybridized carbons (Fsp3) is 0.174. The first-order chi connectivity index (χ1) is 18.0. The molecule has 3 aromatic rings. The minimum atomic E-state index is -4.78. The van der Waals surface area contributed by atoms with Crippen molar-refractivity contribution in [1.29, 1.82) is 0 Å². The average molecular weight is 624 g/mol. The van der Waals surface area contributed by atoms with Crippen LogP contribution in [0.4, 0.5) is 30.2 Å². The summed E-state index contributed by atoms with van der Waals surface area (Å²) in [5, 5.41) is 2.21. The molecule has 0 aliphatic carbocycles. The maximum atomic E-state index is 13.1. The molecule has 1 aliphatic heterocycles. The molecule has 9 nitrogen and oxygen atoms in total. The van der Waals surface area contributed by atoms with Crippen LogP contribution in [-0.4, -0.2) is 41.6 Å². The van der Waals surface area contributed by atoms with E-state index in [1.54, 1.807) is 0 Å². The number of rotatable bonds is 6. The number of benzene rings is 3. The van der Waals surface area contributed by atoms with Gasteiger partial charge in [-0.3, -0.25) is 13.8 Å². The lowest BCUT2D eigenvalue weighted by molar-refractivity contribution is -0.137. The fourth-order valence-electron chi connectivity index (χ4n) is 3.64. The second-order valence-corrected chi connectivity index (χ2v) is 12.8. The number of amides is 1. The normalized spacial score (nSPS) is 15.7. The second-order valence-electron chi connectivity index (χ2n) is 8.32. The molecule has 1 atom stereocenters. The maximum absolute atomic E-state index is 13.1. The third-order valence-electron chi connectivity index (χ3n) is 5.44. The highest BCUT2D eigenvalue weighted by Gasteiger charge is 2.36. The summed E-state index contributed by atoms with van der Waals surface area (Å²) in [5.74, 6) is -0.585. The van der Waals surface area contributed by atoms with Crippen LogP contribution in [0.25, 0.3) is 0 Å². The Morgan fingerprint density at radius 2 is 1.62 bits per heavy atom. The van der Waals surface area contributed by atoms with Gasteiger partial charge in [-0.2, -0.15) is 13.2 Å². The molecule has 0 saturated carbocycles. The van der Waals surface area contributed by atoms with Crippen LogP contribution in [0, 0.1) is 0 Å². The number of hydrogen-bond donors (Lipinski definition) is 2. The summed E-state index contributed by atoms with van der Waals surface area (Å²) in [7, 11) is -8.08. The Morgan fingerprint density at radius 3 is 2.23 bits per heavy atom. The lowest BCUT2D eigenvalue weighted by atomic mass is 10.2. The van der Waals surface area contributed by atoms with Crippen LogP contribution in [-0.2, 0) is 31.0 Å². The van der Waals surface area contributed by atoms with E-state index < -0.39 is 48.8 Å². The highest BCUT2D eigenvalue weighted by atomic mass is 35.5. The van der Waals surface area contributed by atoms with Crippen LogP contribution in [0.1, 0.15) is 5.56 Å². The Labute approximate surface area is 231 Å². The summed E-state index contributed by atoms with van der Waals surface area (Å²) >= 11 is 11.5. The highest BCUT2D eigenvalue weighted by Crippen LogP contribution is 2.38. The standard InChI is InChI=1S/C23H18Cl2F3N3O6S2/c1-38(33,34)31-12-21(37-20-9-2-13(24)10-19(20)31)22(32)29-14-3-6-16(7-4-14)39(35,36)30-15-5-8-18(25)17(11-15)23(26,27)28/h2-11,21,30H,12H2,1H3,(H,29,32)/t21-/m1/s1. The Bertz CT molecular complexity index is 1650. The Morgan fingerprint density at radius 1 is 0.974 bits per heavy atom. The molecule has 4 rings (SSSR count). The summed E-state index contributed by atoms with van der Waals surface area (Å²) in [6.45, 7) is -0.338. The van der Waals surface area contributed by atoms with Crippen LogP contribution in [0.3, 0.4) is 0 Å². The van der Waals surface area contributed by atoms with E-state index in [1.807, 2.05) is 0 Å². The van der Waals surface area contributed by atoms with Gasteiger partial charge < -0.3 is 10.1 Å². The minimum Gasteiger partial charge on any atom is -0.476 e. The summed E-state index contributed by atoms with van der Waals surface area (Å²) in [4.78, 5) is 12.6. The van der Waals surface area contributed by atoms with Gasteiger partial charge in [0.15, 0.2) is 6.10 Å². The minimum absolute atomic E-state index is 0.125. The van der Waals surface area contributed by atoms with E-state index in [0.717, 1.165) is 34.8 Å². The monoisotopic (exact) mass is 623 g/mol. The number of hydrogen-bond acceptors (Lipinski definition) is 6. The van der Waals surface area contributed by atoms with E-state index in [2.05, 4.69) is 10.0 Å². The topological polar surface area (TPSA) is 122 Å². The summed E-state index contributed by atoms with van der Waals surface area (Å²) < 4.78 is 98.0. The van der Waals surface area contributed by atoms with Gasteiger partial charge in [0, 0.05) is 16.4 Å². The van der Waals surface area contributed by atoms with Crippen molar-refractivity contribution in [3.8, 4) is 5.75 Å². The Hall–Kier alpha value is -3.20. The number of nitrogens with one attached hydrogen (secondary N) is 2. The van der Waals surface area contributed by atoms with Crippen molar-refractivity contribution in [3.05, 3.63) is 76.3 Å². The number of nitrogens with zero attached hydrogens (tertiary/aromatic N) is 1. The quantitative estimate of drug-likeness (QED) is 0.399.